The molecule has 0 bridgehead atoms. The van der Waals surface area contributed by atoms with Crippen LogP contribution in [0.5, 0.6) is 17.2 Å². The Bertz CT molecular complexity index is 687. The normalized spacial score (nSPS) is 16.2. The summed E-state index contributed by atoms with van der Waals surface area (Å²) < 4.78 is 17.6. The van der Waals surface area contributed by atoms with Crippen LogP contribution in [0.3, 0.4) is 0 Å². The lowest BCUT2D eigenvalue weighted by atomic mass is 9.89. The number of anilines is 1. The molecule has 3 N–H and O–H groups in total. The van der Waals surface area contributed by atoms with Gasteiger partial charge < -0.3 is 19.9 Å². The predicted molar refractivity (Wildman–Crippen MR) is 82.6 cm³/mol. The highest BCUT2D eigenvalue weighted by molar-refractivity contribution is 5.86. The molecule has 0 unspecified atom stereocenters. The first-order valence-corrected chi connectivity index (χ1v) is 7.61. The Morgan fingerprint density at radius 2 is 1.86 bits per heavy atom. The molecule has 0 radical (unpaired) electrons. The van der Waals surface area contributed by atoms with E-state index in [2.05, 4.69) is 10.2 Å². The Kier molecular flexibility index (Phi) is 3.10. The molecule has 0 amide bonds. The highest BCUT2D eigenvalue weighted by Crippen LogP contribution is 2.52. The van der Waals surface area contributed by atoms with Crippen molar-refractivity contribution >= 4 is 5.82 Å². The number of rotatable bonds is 2. The number of aromatic amines is 1. The molecule has 0 aliphatic carbocycles. The average molecular weight is 301 g/mol. The van der Waals surface area contributed by atoms with Crippen LogP contribution in [-0.2, 0) is 12.8 Å². The lowest BCUT2D eigenvalue weighted by molar-refractivity contribution is 0.254. The SMILES string of the molecule is COc1c2c(c(-c3cn[nH]c3N)c3c1OCCC3)OCCC2. The van der Waals surface area contributed by atoms with Gasteiger partial charge in [-0.2, -0.15) is 5.10 Å². The van der Waals surface area contributed by atoms with E-state index in [4.69, 9.17) is 19.9 Å². The smallest absolute Gasteiger partial charge is 0.167 e. The highest BCUT2D eigenvalue weighted by Gasteiger charge is 2.31. The van der Waals surface area contributed by atoms with Crippen molar-refractivity contribution < 1.29 is 14.2 Å². The zero-order valence-electron chi connectivity index (χ0n) is 12.6. The second-order valence-electron chi connectivity index (χ2n) is 5.62. The molecule has 0 fully saturated rings. The maximum Gasteiger partial charge on any atom is 0.167 e. The van der Waals surface area contributed by atoms with E-state index in [0.717, 1.165) is 65.2 Å². The van der Waals surface area contributed by atoms with Gasteiger partial charge in [0.25, 0.3) is 0 Å². The number of methoxy groups -OCH3 is 1. The first kappa shape index (κ1) is 13.3. The Balaban J connectivity index is 2.06. The third-order valence-electron chi connectivity index (χ3n) is 4.33. The Hall–Kier alpha value is -2.37. The van der Waals surface area contributed by atoms with E-state index in [1.54, 1.807) is 13.3 Å². The molecule has 2 aliphatic heterocycles. The summed E-state index contributed by atoms with van der Waals surface area (Å²) in [4.78, 5) is 0. The van der Waals surface area contributed by atoms with Gasteiger partial charge in [0.2, 0.25) is 0 Å². The molecule has 1 aromatic carbocycles. The van der Waals surface area contributed by atoms with Gasteiger partial charge in [0.1, 0.15) is 11.6 Å². The lowest BCUT2D eigenvalue weighted by Gasteiger charge is -2.29. The maximum absolute atomic E-state index is 6.06. The molecule has 2 aliphatic rings. The average Bonchev–Trinajstić information content (AvgIpc) is 2.98. The van der Waals surface area contributed by atoms with Crippen molar-refractivity contribution in [2.24, 2.45) is 0 Å². The van der Waals surface area contributed by atoms with Crippen LogP contribution in [0.2, 0.25) is 0 Å². The summed E-state index contributed by atoms with van der Waals surface area (Å²) in [6.07, 6.45) is 5.54. The zero-order chi connectivity index (χ0) is 15.1. The number of hydrogen-bond donors (Lipinski definition) is 2. The Labute approximate surface area is 128 Å². The van der Waals surface area contributed by atoms with Crippen LogP contribution in [0, 0.1) is 0 Å². The van der Waals surface area contributed by atoms with E-state index in [1.807, 2.05) is 0 Å². The highest BCUT2D eigenvalue weighted by atomic mass is 16.5. The standard InChI is InChI=1S/C16H19N3O3/c1-20-14-10-5-3-6-21-13(10)12(11-8-18-19-16(11)17)9-4-2-7-22-15(9)14/h8H,2-7H2,1H3,(H3,17,18,19). The molecule has 0 spiro atoms. The van der Waals surface area contributed by atoms with Crippen LogP contribution in [0.25, 0.3) is 11.1 Å². The summed E-state index contributed by atoms with van der Waals surface area (Å²) in [6, 6.07) is 0. The van der Waals surface area contributed by atoms with Crippen molar-refractivity contribution in [3.63, 3.8) is 0 Å². The van der Waals surface area contributed by atoms with Crippen molar-refractivity contribution in [2.45, 2.75) is 25.7 Å². The molecule has 3 heterocycles. The van der Waals surface area contributed by atoms with Crippen LogP contribution in [0.1, 0.15) is 24.0 Å². The molecule has 2 aromatic rings. The number of nitrogens with two attached hydrogens (primary N) is 1. The van der Waals surface area contributed by atoms with Crippen LogP contribution in [0.15, 0.2) is 6.20 Å². The minimum Gasteiger partial charge on any atom is -0.492 e. The summed E-state index contributed by atoms with van der Waals surface area (Å²) in [6.45, 7) is 1.42. The molecule has 6 heteroatoms. The molecule has 0 atom stereocenters. The van der Waals surface area contributed by atoms with Crippen LogP contribution >= 0.6 is 0 Å². The molecule has 0 saturated heterocycles. The van der Waals surface area contributed by atoms with E-state index < -0.39 is 0 Å². The molecule has 4 rings (SSSR count). The molecular formula is C16H19N3O3. The van der Waals surface area contributed by atoms with Crippen LogP contribution < -0.4 is 19.9 Å². The number of nitrogens with one attached hydrogen (secondary N) is 1. The van der Waals surface area contributed by atoms with Crippen molar-refractivity contribution in [3.05, 3.63) is 17.3 Å². The Morgan fingerprint density at radius 1 is 1.14 bits per heavy atom. The quantitative estimate of drug-likeness (QED) is 0.889. The van der Waals surface area contributed by atoms with Gasteiger partial charge in [0.15, 0.2) is 11.5 Å². The minimum atomic E-state index is 0.550. The van der Waals surface area contributed by atoms with Crippen molar-refractivity contribution in [3.8, 4) is 28.4 Å². The summed E-state index contributed by atoms with van der Waals surface area (Å²) in [5.41, 5.74) is 10.1. The first-order valence-electron chi connectivity index (χ1n) is 7.61. The van der Waals surface area contributed by atoms with Crippen LogP contribution in [-0.4, -0.2) is 30.5 Å². The number of aromatic nitrogens is 2. The molecule has 116 valence electrons. The molecule has 22 heavy (non-hydrogen) atoms. The number of benzene rings is 1. The molecule has 0 saturated carbocycles. The second kappa shape index (κ2) is 5.12. The van der Waals surface area contributed by atoms with Gasteiger partial charge in [-0.3, -0.25) is 5.10 Å². The summed E-state index contributed by atoms with van der Waals surface area (Å²) in [5.74, 6) is 3.08. The van der Waals surface area contributed by atoms with Gasteiger partial charge in [-0.1, -0.05) is 0 Å². The van der Waals surface area contributed by atoms with Gasteiger partial charge >= 0.3 is 0 Å². The number of H-pyrrole nitrogens is 1. The maximum atomic E-state index is 6.06. The number of hydrogen-bond acceptors (Lipinski definition) is 5. The monoisotopic (exact) mass is 301 g/mol. The summed E-state index contributed by atoms with van der Waals surface area (Å²) in [5, 5.41) is 6.87. The van der Waals surface area contributed by atoms with Gasteiger partial charge in [0.05, 0.1) is 26.5 Å². The van der Waals surface area contributed by atoms with Crippen molar-refractivity contribution in [1.29, 1.82) is 0 Å². The fourth-order valence-electron chi connectivity index (χ4n) is 3.40. The van der Waals surface area contributed by atoms with E-state index in [1.165, 1.54) is 0 Å². The van der Waals surface area contributed by atoms with Gasteiger partial charge in [-0.15, -0.1) is 0 Å². The molecule has 1 aromatic heterocycles. The second-order valence-corrected chi connectivity index (χ2v) is 5.62. The summed E-state index contributed by atoms with van der Waals surface area (Å²) in [7, 11) is 1.69. The topological polar surface area (TPSA) is 82.4 Å². The number of fused-ring (bicyclic) bond motifs is 2. The predicted octanol–water partition coefficient (Wildman–Crippen LogP) is 2.32. The fourth-order valence-corrected chi connectivity index (χ4v) is 3.40. The third kappa shape index (κ3) is 1.83. The zero-order valence-corrected chi connectivity index (χ0v) is 12.6. The number of ether oxygens (including phenoxy) is 3. The Morgan fingerprint density at radius 3 is 2.55 bits per heavy atom. The largest absolute Gasteiger partial charge is 0.492 e. The van der Waals surface area contributed by atoms with Crippen molar-refractivity contribution in [1.82, 2.24) is 10.2 Å². The van der Waals surface area contributed by atoms with Crippen molar-refractivity contribution in [2.75, 3.05) is 26.1 Å². The van der Waals surface area contributed by atoms with E-state index in [9.17, 15) is 0 Å². The van der Waals surface area contributed by atoms with E-state index >= 15 is 0 Å². The minimum absolute atomic E-state index is 0.550. The fraction of sp³-hybridized carbons (Fsp3) is 0.438. The third-order valence-corrected chi connectivity index (χ3v) is 4.33. The van der Waals surface area contributed by atoms with Gasteiger partial charge in [-0.05, 0) is 25.7 Å². The van der Waals surface area contributed by atoms with Gasteiger partial charge in [-0.25, -0.2) is 0 Å². The lowest BCUT2D eigenvalue weighted by Crippen LogP contribution is -2.17. The molecular weight excluding hydrogens is 282 g/mol. The van der Waals surface area contributed by atoms with Crippen LogP contribution in [0.4, 0.5) is 5.82 Å². The summed E-state index contributed by atoms with van der Waals surface area (Å²) >= 11 is 0. The van der Waals surface area contributed by atoms with E-state index in [-0.39, 0.29) is 0 Å². The number of nitrogens with zero attached hydrogens (tertiary/aromatic N) is 1. The van der Waals surface area contributed by atoms with E-state index in [0.29, 0.717) is 19.0 Å². The first-order chi connectivity index (χ1) is 10.8. The molecule has 6 nitrogen and oxygen atoms in total. The number of nitrogen functional groups attached to an aromatic ring is 1. The van der Waals surface area contributed by atoms with Gasteiger partial charge in [0, 0.05) is 22.3 Å².